The summed E-state index contributed by atoms with van der Waals surface area (Å²) < 4.78 is 1.75. The van der Waals surface area contributed by atoms with Crippen LogP contribution in [0.2, 0.25) is 0 Å². The SMILES string of the molecule is CCc1nn(C)cc1CNC(=O)Nc1ccc(NC(=O)C(C)C)cc1. The van der Waals surface area contributed by atoms with Gasteiger partial charge in [-0.15, -0.1) is 0 Å². The highest BCUT2D eigenvalue weighted by Crippen LogP contribution is 2.14. The van der Waals surface area contributed by atoms with Crippen LogP contribution in [-0.4, -0.2) is 21.7 Å². The second-order valence-corrected chi connectivity index (χ2v) is 6.16. The van der Waals surface area contributed by atoms with Crippen molar-refractivity contribution >= 4 is 23.3 Å². The lowest BCUT2D eigenvalue weighted by Crippen LogP contribution is -2.28. The van der Waals surface area contributed by atoms with Crippen molar-refractivity contribution in [2.75, 3.05) is 10.6 Å². The number of benzene rings is 1. The third kappa shape index (κ3) is 5.34. The topological polar surface area (TPSA) is 88.1 Å². The molecule has 0 bridgehead atoms. The van der Waals surface area contributed by atoms with Crippen LogP contribution < -0.4 is 16.0 Å². The molecule has 0 aliphatic heterocycles. The van der Waals surface area contributed by atoms with E-state index < -0.39 is 0 Å². The number of urea groups is 1. The van der Waals surface area contributed by atoms with Gasteiger partial charge in [0.05, 0.1) is 5.69 Å². The van der Waals surface area contributed by atoms with Crippen LogP contribution in [-0.2, 0) is 24.8 Å². The molecule has 0 aliphatic rings. The zero-order valence-corrected chi connectivity index (χ0v) is 15.1. The fourth-order valence-electron chi connectivity index (χ4n) is 2.30. The summed E-state index contributed by atoms with van der Waals surface area (Å²) in [6.45, 7) is 6.13. The van der Waals surface area contributed by atoms with Gasteiger partial charge < -0.3 is 16.0 Å². The van der Waals surface area contributed by atoms with E-state index in [0.29, 0.717) is 17.9 Å². The van der Waals surface area contributed by atoms with Crippen LogP contribution in [0, 0.1) is 5.92 Å². The van der Waals surface area contributed by atoms with E-state index >= 15 is 0 Å². The molecule has 134 valence electrons. The van der Waals surface area contributed by atoms with Crippen LogP contribution >= 0.6 is 0 Å². The Morgan fingerprint density at radius 3 is 2.28 bits per heavy atom. The summed E-state index contributed by atoms with van der Waals surface area (Å²) in [4.78, 5) is 23.7. The van der Waals surface area contributed by atoms with Crippen LogP contribution in [0.1, 0.15) is 32.0 Å². The van der Waals surface area contributed by atoms with Crippen LogP contribution in [0.15, 0.2) is 30.5 Å². The predicted octanol–water partition coefficient (Wildman–Crippen LogP) is 2.90. The van der Waals surface area contributed by atoms with Gasteiger partial charge in [0.1, 0.15) is 0 Å². The number of hydrogen-bond acceptors (Lipinski definition) is 3. The van der Waals surface area contributed by atoms with E-state index in [4.69, 9.17) is 0 Å². The van der Waals surface area contributed by atoms with Crippen molar-refractivity contribution in [3.8, 4) is 0 Å². The lowest BCUT2D eigenvalue weighted by Gasteiger charge is -2.10. The lowest BCUT2D eigenvalue weighted by molar-refractivity contribution is -0.118. The smallest absolute Gasteiger partial charge is 0.319 e. The summed E-state index contributed by atoms with van der Waals surface area (Å²) >= 11 is 0. The van der Waals surface area contributed by atoms with Crippen LogP contribution in [0.3, 0.4) is 0 Å². The average molecular weight is 343 g/mol. The lowest BCUT2D eigenvalue weighted by atomic mass is 10.2. The van der Waals surface area contributed by atoms with Gasteiger partial charge in [-0.05, 0) is 30.7 Å². The van der Waals surface area contributed by atoms with Gasteiger partial charge in [0.2, 0.25) is 5.91 Å². The van der Waals surface area contributed by atoms with Crippen molar-refractivity contribution in [1.29, 1.82) is 0 Å². The zero-order chi connectivity index (χ0) is 18.4. The Bertz CT molecular complexity index is 734. The fourth-order valence-corrected chi connectivity index (χ4v) is 2.30. The number of nitrogens with zero attached hydrogens (tertiary/aromatic N) is 2. The Kier molecular flexibility index (Phi) is 6.16. The minimum absolute atomic E-state index is 0.0401. The van der Waals surface area contributed by atoms with E-state index in [-0.39, 0.29) is 17.9 Å². The summed E-state index contributed by atoms with van der Waals surface area (Å²) in [6.07, 6.45) is 2.73. The van der Waals surface area contributed by atoms with Crippen molar-refractivity contribution in [2.45, 2.75) is 33.7 Å². The molecule has 25 heavy (non-hydrogen) atoms. The Labute approximate surface area is 147 Å². The van der Waals surface area contributed by atoms with Crippen molar-refractivity contribution in [3.63, 3.8) is 0 Å². The second-order valence-electron chi connectivity index (χ2n) is 6.16. The first-order valence-corrected chi connectivity index (χ1v) is 8.36. The van der Waals surface area contributed by atoms with E-state index in [0.717, 1.165) is 17.7 Å². The zero-order valence-electron chi connectivity index (χ0n) is 15.1. The van der Waals surface area contributed by atoms with Crippen LogP contribution in [0.4, 0.5) is 16.2 Å². The molecule has 1 heterocycles. The van der Waals surface area contributed by atoms with Gasteiger partial charge in [0.15, 0.2) is 0 Å². The van der Waals surface area contributed by atoms with E-state index in [1.165, 1.54) is 0 Å². The monoisotopic (exact) mass is 343 g/mol. The molecule has 2 aromatic rings. The fraction of sp³-hybridized carbons (Fsp3) is 0.389. The predicted molar refractivity (Wildman–Crippen MR) is 98.4 cm³/mol. The number of anilines is 2. The summed E-state index contributed by atoms with van der Waals surface area (Å²) in [5.41, 5.74) is 3.34. The molecule has 0 aliphatic carbocycles. The normalized spacial score (nSPS) is 10.6. The van der Waals surface area contributed by atoms with Crippen molar-refractivity contribution in [1.82, 2.24) is 15.1 Å². The van der Waals surface area contributed by atoms with Gasteiger partial charge in [-0.2, -0.15) is 5.10 Å². The molecular weight excluding hydrogens is 318 g/mol. The Hall–Kier alpha value is -2.83. The highest BCUT2D eigenvalue weighted by Gasteiger charge is 2.09. The molecule has 1 aromatic heterocycles. The number of hydrogen-bond donors (Lipinski definition) is 3. The number of carbonyl (C=O) groups is 2. The van der Waals surface area contributed by atoms with Crippen LogP contribution in [0.5, 0.6) is 0 Å². The molecule has 0 fully saturated rings. The average Bonchev–Trinajstić information content (AvgIpc) is 2.94. The van der Waals surface area contributed by atoms with Crippen molar-refractivity contribution < 1.29 is 9.59 Å². The standard InChI is InChI=1S/C18H25N5O2/c1-5-16-13(11-23(4)22-16)10-19-18(25)21-15-8-6-14(7-9-15)20-17(24)12(2)3/h6-9,11-12H,5,10H2,1-4H3,(H,20,24)(H2,19,21,25). The number of amides is 3. The molecule has 0 saturated carbocycles. The molecule has 2 rings (SSSR count). The number of aromatic nitrogens is 2. The minimum Gasteiger partial charge on any atom is -0.334 e. The maximum atomic E-state index is 12.0. The van der Waals surface area contributed by atoms with Crippen molar-refractivity contribution in [3.05, 3.63) is 41.7 Å². The molecule has 3 N–H and O–H groups in total. The van der Waals surface area contributed by atoms with Gasteiger partial charge in [-0.25, -0.2) is 4.79 Å². The molecule has 1 aromatic carbocycles. The summed E-state index contributed by atoms with van der Waals surface area (Å²) in [7, 11) is 1.86. The Morgan fingerprint density at radius 1 is 1.12 bits per heavy atom. The number of carbonyl (C=O) groups excluding carboxylic acids is 2. The molecule has 0 spiro atoms. The maximum absolute atomic E-state index is 12.0. The molecular formula is C18H25N5O2. The third-order valence-corrected chi connectivity index (χ3v) is 3.70. The first-order valence-electron chi connectivity index (χ1n) is 8.36. The van der Waals surface area contributed by atoms with E-state index in [1.54, 1.807) is 28.9 Å². The number of nitrogens with one attached hydrogen (secondary N) is 3. The summed E-state index contributed by atoms with van der Waals surface area (Å²) in [5.74, 6) is -0.120. The first kappa shape index (κ1) is 18.5. The van der Waals surface area contributed by atoms with E-state index in [1.807, 2.05) is 34.0 Å². The van der Waals surface area contributed by atoms with Gasteiger partial charge in [0, 0.05) is 42.6 Å². The molecule has 0 atom stereocenters. The molecule has 7 heteroatoms. The molecule has 0 radical (unpaired) electrons. The van der Waals surface area contributed by atoms with Gasteiger partial charge >= 0.3 is 6.03 Å². The van der Waals surface area contributed by atoms with Gasteiger partial charge in [-0.1, -0.05) is 20.8 Å². The van der Waals surface area contributed by atoms with Gasteiger partial charge in [-0.3, -0.25) is 9.48 Å². The quantitative estimate of drug-likeness (QED) is 0.753. The van der Waals surface area contributed by atoms with E-state index in [9.17, 15) is 9.59 Å². The summed E-state index contributed by atoms with van der Waals surface area (Å²) in [5, 5.41) is 12.7. The molecule has 0 unspecified atom stereocenters. The third-order valence-electron chi connectivity index (χ3n) is 3.70. The second kappa shape index (κ2) is 8.32. The maximum Gasteiger partial charge on any atom is 0.319 e. The highest BCUT2D eigenvalue weighted by atomic mass is 16.2. The largest absolute Gasteiger partial charge is 0.334 e. The minimum atomic E-state index is -0.287. The van der Waals surface area contributed by atoms with E-state index in [2.05, 4.69) is 21.0 Å². The van der Waals surface area contributed by atoms with Gasteiger partial charge in [0.25, 0.3) is 0 Å². The molecule has 7 nitrogen and oxygen atoms in total. The number of rotatable bonds is 6. The summed E-state index contributed by atoms with van der Waals surface area (Å²) in [6, 6.07) is 6.72. The first-order chi connectivity index (χ1) is 11.9. The Morgan fingerprint density at radius 2 is 1.72 bits per heavy atom. The van der Waals surface area contributed by atoms with Crippen molar-refractivity contribution in [2.24, 2.45) is 13.0 Å². The number of aryl methyl sites for hydroxylation is 2. The Balaban J connectivity index is 1.87. The highest BCUT2D eigenvalue weighted by molar-refractivity contribution is 5.93. The van der Waals surface area contributed by atoms with Crippen LogP contribution in [0.25, 0.3) is 0 Å². The molecule has 3 amide bonds. The molecule has 0 saturated heterocycles.